The molecule has 1 aliphatic carbocycles. The van der Waals surface area contributed by atoms with E-state index in [0.717, 1.165) is 17.5 Å². The van der Waals surface area contributed by atoms with Crippen molar-refractivity contribution in [2.24, 2.45) is 5.92 Å². The first-order valence-electron chi connectivity index (χ1n) is 5.63. The molecule has 0 bridgehead atoms. The van der Waals surface area contributed by atoms with E-state index in [2.05, 4.69) is 25.1 Å². The van der Waals surface area contributed by atoms with Crippen LogP contribution in [0.3, 0.4) is 0 Å². The van der Waals surface area contributed by atoms with Crippen molar-refractivity contribution in [2.75, 3.05) is 5.73 Å². The molecule has 2 rings (SSSR count). The highest BCUT2D eigenvalue weighted by atomic mass is 14.5. The first kappa shape index (κ1) is 9.57. The van der Waals surface area contributed by atoms with Gasteiger partial charge in [-0.25, -0.2) is 0 Å². The number of nitrogen functional groups attached to an aromatic ring is 1. The Labute approximate surface area is 86.3 Å². The summed E-state index contributed by atoms with van der Waals surface area (Å²) in [6.07, 6.45) is 5.49. The van der Waals surface area contributed by atoms with Gasteiger partial charge in [0.05, 0.1) is 0 Å². The van der Waals surface area contributed by atoms with Crippen LogP contribution < -0.4 is 5.73 Å². The Morgan fingerprint density at radius 2 is 2.00 bits per heavy atom. The monoisotopic (exact) mass is 189 g/mol. The van der Waals surface area contributed by atoms with E-state index in [-0.39, 0.29) is 0 Å². The van der Waals surface area contributed by atoms with Crippen molar-refractivity contribution in [1.82, 2.24) is 0 Å². The molecule has 0 heterocycles. The zero-order valence-electron chi connectivity index (χ0n) is 8.87. The molecule has 0 radical (unpaired) electrons. The van der Waals surface area contributed by atoms with Gasteiger partial charge in [-0.2, -0.15) is 0 Å². The molecule has 0 aromatic heterocycles. The van der Waals surface area contributed by atoms with Crippen molar-refractivity contribution in [3.05, 3.63) is 29.8 Å². The topological polar surface area (TPSA) is 26.0 Å². The highest BCUT2D eigenvalue weighted by Gasteiger charge is 2.22. The molecule has 0 unspecified atom stereocenters. The minimum atomic E-state index is 0.743. The second-order valence-corrected chi connectivity index (χ2v) is 4.54. The number of anilines is 1. The van der Waals surface area contributed by atoms with Crippen LogP contribution in [-0.2, 0) is 0 Å². The van der Waals surface area contributed by atoms with Crippen LogP contribution in [0, 0.1) is 5.92 Å². The minimum absolute atomic E-state index is 0.743. The molecule has 14 heavy (non-hydrogen) atoms. The lowest BCUT2D eigenvalue weighted by molar-refractivity contribution is 0.331. The Morgan fingerprint density at radius 3 is 2.71 bits per heavy atom. The summed E-state index contributed by atoms with van der Waals surface area (Å²) in [5, 5.41) is 0. The van der Waals surface area contributed by atoms with Crippen molar-refractivity contribution in [2.45, 2.75) is 38.5 Å². The fourth-order valence-corrected chi connectivity index (χ4v) is 2.60. The average Bonchev–Trinajstić information content (AvgIpc) is 2.18. The second-order valence-electron chi connectivity index (χ2n) is 4.54. The van der Waals surface area contributed by atoms with E-state index in [1.807, 2.05) is 6.07 Å². The van der Waals surface area contributed by atoms with Crippen LogP contribution in [0.4, 0.5) is 5.69 Å². The van der Waals surface area contributed by atoms with Gasteiger partial charge in [0.2, 0.25) is 0 Å². The predicted molar refractivity (Wildman–Crippen MR) is 61.2 cm³/mol. The molecule has 0 saturated heterocycles. The molecule has 0 aliphatic heterocycles. The summed E-state index contributed by atoms with van der Waals surface area (Å²) >= 11 is 0. The summed E-state index contributed by atoms with van der Waals surface area (Å²) in [6, 6.07) is 8.41. The van der Waals surface area contributed by atoms with Gasteiger partial charge in [-0.3, -0.25) is 0 Å². The van der Waals surface area contributed by atoms with Gasteiger partial charge in [-0.15, -0.1) is 0 Å². The van der Waals surface area contributed by atoms with E-state index >= 15 is 0 Å². The third kappa shape index (κ3) is 1.92. The molecule has 2 atom stereocenters. The van der Waals surface area contributed by atoms with E-state index in [1.165, 1.54) is 31.2 Å². The molecule has 1 aromatic carbocycles. The predicted octanol–water partition coefficient (Wildman–Crippen LogP) is 3.56. The third-order valence-corrected chi connectivity index (χ3v) is 3.45. The third-order valence-electron chi connectivity index (χ3n) is 3.45. The molecule has 76 valence electrons. The molecule has 1 saturated carbocycles. The first-order valence-corrected chi connectivity index (χ1v) is 5.63. The van der Waals surface area contributed by atoms with Crippen LogP contribution in [-0.4, -0.2) is 0 Å². The van der Waals surface area contributed by atoms with Crippen molar-refractivity contribution >= 4 is 5.69 Å². The van der Waals surface area contributed by atoms with E-state index in [1.54, 1.807) is 0 Å². The highest BCUT2D eigenvalue weighted by Crippen LogP contribution is 2.37. The zero-order chi connectivity index (χ0) is 9.97. The molecule has 0 amide bonds. The number of hydrogen-bond donors (Lipinski definition) is 1. The van der Waals surface area contributed by atoms with Gasteiger partial charge in [-0.1, -0.05) is 38.3 Å². The Balaban J connectivity index is 2.20. The van der Waals surface area contributed by atoms with Crippen molar-refractivity contribution in [3.63, 3.8) is 0 Å². The molecule has 1 nitrogen and oxygen atoms in total. The fourth-order valence-electron chi connectivity index (χ4n) is 2.60. The van der Waals surface area contributed by atoms with Crippen LogP contribution in [0.15, 0.2) is 24.3 Å². The highest BCUT2D eigenvalue weighted by molar-refractivity contribution is 5.42. The van der Waals surface area contributed by atoms with Gasteiger partial charge in [0.25, 0.3) is 0 Å². The Morgan fingerprint density at radius 1 is 1.21 bits per heavy atom. The average molecular weight is 189 g/mol. The molecule has 2 N–H and O–H groups in total. The number of benzene rings is 1. The lowest BCUT2D eigenvalue weighted by Gasteiger charge is -2.29. The van der Waals surface area contributed by atoms with Crippen molar-refractivity contribution in [1.29, 1.82) is 0 Å². The smallest absolute Gasteiger partial charge is 0.0316 e. The van der Waals surface area contributed by atoms with Gasteiger partial charge in [0.1, 0.15) is 0 Å². The molecule has 1 fully saturated rings. The molecular weight excluding hydrogens is 170 g/mol. The minimum Gasteiger partial charge on any atom is -0.399 e. The van der Waals surface area contributed by atoms with Gasteiger partial charge in [0, 0.05) is 5.69 Å². The Kier molecular flexibility index (Phi) is 2.76. The lowest BCUT2D eigenvalue weighted by Crippen LogP contribution is -2.14. The summed E-state index contributed by atoms with van der Waals surface area (Å²) in [5.74, 6) is 1.57. The summed E-state index contributed by atoms with van der Waals surface area (Å²) in [6.45, 7) is 2.37. The quantitative estimate of drug-likeness (QED) is 0.672. The van der Waals surface area contributed by atoms with Crippen molar-refractivity contribution < 1.29 is 0 Å². The second kappa shape index (κ2) is 4.04. The number of nitrogens with two attached hydrogens (primary N) is 1. The lowest BCUT2D eigenvalue weighted by atomic mass is 9.76. The van der Waals surface area contributed by atoms with Crippen LogP contribution in [0.1, 0.15) is 44.1 Å². The van der Waals surface area contributed by atoms with E-state index in [9.17, 15) is 0 Å². The van der Waals surface area contributed by atoms with Crippen LogP contribution >= 0.6 is 0 Å². The van der Waals surface area contributed by atoms with Crippen LogP contribution in [0.5, 0.6) is 0 Å². The molecular formula is C13H19N. The van der Waals surface area contributed by atoms with Gasteiger partial charge in [-0.05, 0) is 36.0 Å². The number of rotatable bonds is 1. The number of hydrogen-bond acceptors (Lipinski definition) is 1. The summed E-state index contributed by atoms with van der Waals surface area (Å²) < 4.78 is 0. The summed E-state index contributed by atoms with van der Waals surface area (Å²) in [4.78, 5) is 0. The van der Waals surface area contributed by atoms with Crippen LogP contribution in [0.25, 0.3) is 0 Å². The molecule has 1 heteroatoms. The SMILES string of the molecule is C[C@H]1CCCC[C@@H]1c1cccc(N)c1. The summed E-state index contributed by atoms with van der Waals surface area (Å²) in [7, 11) is 0. The summed E-state index contributed by atoms with van der Waals surface area (Å²) in [5.41, 5.74) is 8.16. The largest absolute Gasteiger partial charge is 0.399 e. The normalized spacial score (nSPS) is 27.5. The molecule has 1 aromatic rings. The Bertz CT molecular complexity index is 306. The van der Waals surface area contributed by atoms with Crippen LogP contribution in [0.2, 0.25) is 0 Å². The zero-order valence-corrected chi connectivity index (χ0v) is 8.87. The maximum absolute atomic E-state index is 5.81. The van der Waals surface area contributed by atoms with Gasteiger partial charge >= 0.3 is 0 Å². The van der Waals surface area contributed by atoms with Gasteiger partial charge in [0.15, 0.2) is 0 Å². The molecule has 1 aliphatic rings. The maximum atomic E-state index is 5.81. The van der Waals surface area contributed by atoms with E-state index < -0.39 is 0 Å². The first-order chi connectivity index (χ1) is 6.77. The maximum Gasteiger partial charge on any atom is 0.0316 e. The fraction of sp³-hybridized carbons (Fsp3) is 0.538. The van der Waals surface area contributed by atoms with E-state index in [4.69, 9.17) is 5.73 Å². The standard InChI is InChI=1S/C13H19N/c1-10-5-2-3-8-13(10)11-6-4-7-12(14)9-11/h4,6-7,9-10,13H,2-3,5,8,14H2,1H3/t10-,13-/m0/s1. The Hall–Kier alpha value is -0.980. The van der Waals surface area contributed by atoms with Gasteiger partial charge < -0.3 is 5.73 Å². The van der Waals surface area contributed by atoms with Crippen molar-refractivity contribution in [3.8, 4) is 0 Å². The van der Waals surface area contributed by atoms with E-state index in [0.29, 0.717) is 0 Å². The molecule has 0 spiro atoms.